The third-order valence-electron chi connectivity index (χ3n) is 3.66. The van der Waals surface area contributed by atoms with Crippen LogP contribution < -0.4 is 11.1 Å². The first-order valence-corrected chi connectivity index (χ1v) is 7.80. The molecule has 0 fully saturated rings. The number of aliphatic imine (C=N–C) groups is 1. The molecule has 0 saturated heterocycles. The highest BCUT2D eigenvalue weighted by atomic mass is 14.9. The minimum absolute atomic E-state index is 0.691. The molecule has 120 valence electrons. The van der Waals surface area contributed by atoms with Crippen LogP contribution in [0.4, 0.5) is 17.1 Å². The molecular formula is C20H25N3. The average molecular weight is 307 g/mol. The fourth-order valence-corrected chi connectivity index (χ4v) is 2.74. The van der Waals surface area contributed by atoms with Crippen LogP contribution in [0.5, 0.6) is 0 Å². The smallest absolute Gasteiger partial charge is 0.0862 e. The molecule has 0 spiro atoms. The van der Waals surface area contributed by atoms with Gasteiger partial charge in [-0.1, -0.05) is 29.8 Å². The number of aryl methyl sites for hydroxylation is 3. The topological polar surface area (TPSA) is 50.4 Å². The predicted octanol–water partition coefficient (Wildman–Crippen LogP) is 5.30. The van der Waals surface area contributed by atoms with E-state index in [9.17, 15) is 0 Å². The zero-order valence-electron chi connectivity index (χ0n) is 14.6. The fraction of sp³-hybridized carbons (Fsp3) is 0.250. The van der Waals surface area contributed by atoms with Crippen molar-refractivity contribution in [1.29, 1.82) is 0 Å². The van der Waals surface area contributed by atoms with Crippen molar-refractivity contribution in [2.24, 2.45) is 4.99 Å². The SMILES string of the molecule is C/C(=C/C(C)=N/c1ccccc1N)Nc1c(C)cc(C)cc1C. The van der Waals surface area contributed by atoms with Crippen molar-refractivity contribution >= 4 is 22.8 Å². The Morgan fingerprint density at radius 3 is 2.26 bits per heavy atom. The summed E-state index contributed by atoms with van der Waals surface area (Å²) in [5.74, 6) is 0. The average Bonchev–Trinajstić information content (AvgIpc) is 2.45. The van der Waals surface area contributed by atoms with E-state index in [4.69, 9.17) is 5.73 Å². The van der Waals surface area contributed by atoms with Crippen LogP contribution >= 0.6 is 0 Å². The van der Waals surface area contributed by atoms with Gasteiger partial charge in [-0.05, 0) is 64.0 Å². The van der Waals surface area contributed by atoms with Crippen molar-refractivity contribution in [3.8, 4) is 0 Å². The van der Waals surface area contributed by atoms with Gasteiger partial charge in [0.25, 0.3) is 0 Å². The monoisotopic (exact) mass is 307 g/mol. The molecule has 0 heterocycles. The molecule has 3 N–H and O–H groups in total. The highest BCUT2D eigenvalue weighted by molar-refractivity contribution is 5.96. The molecule has 0 aromatic heterocycles. The van der Waals surface area contributed by atoms with Gasteiger partial charge >= 0.3 is 0 Å². The van der Waals surface area contributed by atoms with Crippen molar-refractivity contribution in [3.05, 3.63) is 64.9 Å². The Balaban J connectivity index is 2.22. The quantitative estimate of drug-likeness (QED) is 0.594. The highest BCUT2D eigenvalue weighted by Gasteiger charge is 2.04. The number of anilines is 2. The lowest BCUT2D eigenvalue weighted by Crippen LogP contribution is -2.02. The highest BCUT2D eigenvalue weighted by Crippen LogP contribution is 2.24. The van der Waals surface area contributed by atoms with E-state index in [-0.39, 0.29) is 0 Å². The van der Waals surface area contributed by atoms with Crippen LogP contribution in [0.15, 0.2) is 53.2 Å². The third kappa shape index (κ3) is 4.46. The van der Waals surface area contributed by atoms with E-state index in [1.54, 1.807) is 0 Å². The van der Waals surface area contributed by atoms with Gasteiger partial charge in [-0.3, -0.25) is 4.99 Å². The van der Waals surface area contributed by atoms with Crippen LogP contribution in [0.3, 0.4) is 0 Å². The lowest BCUT2D eigenvalue weighted by molar-refractivity contribution is 1.27. The van der Waals surface area contributed by atoms with Crippen LogP contribution in [-0.2, 0) is 0 Å². The molecule has 0 unspecified atom stereocenters. The lowest BCUT2D eigenvalue weighted by atomic mass is 10.0. The summed E-state index contributed by atoms with van der Waals surface area (Å²) in [6.07, 6.45) is 2.03. The van der Waals surface area contributed by atoms with Crippen molar-refractivity contribution in [2.75, 3.05) is 11.1 Å². The Kier molecular flexibility index (Phi) is 5.22. The number of allylic oxidation sites excluding steroid dienone is 2. The van der Waals surface area contributed by atoms with Gasteiger partial charge in [0.05, 0.1) is 11.4 Å². The molecule has 0 aliphatic heterocycles. The largest absolute Gasteiger partial charge is 0.397 e. The molecule has 0 atom stereocenters. The molecule has 23 heavy (non-hydrogen) atoms. The van der Waals surface area contributed by atoms with E-state index < -0.39 is 0 Å². The van der Waals surface area contributed by atoms with E-state index in [1.165, 1.54) is 16.7 Å². The summed E-state index contributed by atoms with van der Waals surface area (Å²) in [7, 11) is 0. The number of nitrogens with two attached hydrogens (primary N) is 1. The summed E-state index contributed by atoms with van der Waals surface area (Å²) in [4.78, 5) is 4.57. The first-order valence-electron chi connectivity index (χ1n) is 7.80. The summed E-state index contributed by atoms with van der Waals surface area (Å²) in [6, 6.07) is 12.0. The van der Waals surface area contributed by atoms with Crippen LogP contribution in [-0.4, -0.2) is 5.71 Å². The second-order valence-corrected chi connectivity index (χ2v) is 6.04. The molecule has 0 aliphatic carbocycles. The molecule has 0 aliphatic rings. The van der Waals surface area contributed by atoms with Gasteiger partial charge in [0.15, 0.2) is 0 Å². The molecule has 0 saturated carbocycles. The minimum Gasteiger partial charge on any atom is -0.397 e. The van der Waals surface area contributed by atoms with Crippen molar-refractivity contribution in [2.45, 2.75) is 34.6 Å². The third-order valence-corrected chi connectivity index (χ3v) is 3.66. The Morgan fingerprint density at radius 1 is 1.04 bits per heavy atom. The molecule has 0 bridgehead atoms. The Labute approximate surface area is 139 Å². The van der Waals surface area contributed by atoms with Gasteiger partial charge in [-0.2, -0.15) is 0 Å². The maximum Gasteiger partial charge on any atom is 0.0862 e. The molecular weight excluding hydrogens is 282 g/mol. The summed E-state index contributed by atoms with van der Waals surface area (Å²) in [5.41, 5.74) is 14.3. The van der Waals surface area contributed by atoms with Gasteiger partial charge < -0.3 is 11.1 Å². The molecule has 0 radical (unpaired) electrons. The Bertz CT molecular complexity index is 747. The standard InChI is InChI=1S/C20H25N3/c1-13-10-14(2)20(15(3)11-13)23-17(5)12-16(4)22-19-9-7-6-8-18(19)21/h6-12,23H,21H2,1-5H3/b17-12-,22-16+. The summed E-state index contributed by atoms with van der Waals surface area (Å²) >= 11 is 0. The number of para-hydroxylation sites is 2. The summed E-state index contributed by atoms with van der Waals surface area (Å²) in [6.45, 7) is 10.4. The fourth-order valence-electron chi connectivity index (χ4n) is 2.74. The molecule has 2 rings (SSSR count). The second-order valence-electron chi connectivity index (χ2n) is 6.04. The first-order chi connectivity index (χ1) is 10.9. The minimum atomic E-state index is 0.691. The molecule has 0 amide bonds. The van der Waals surface area contributed by atoms with Gasteiger partial charge in [0.2, 0.25) is 0 Å². The molecule has 2 aromatic rings. The Hall–Kier alpha value is -2.55. The van der Waals surface area contributed by atoms with E-state index in [0.29, 0.717) is 5.69 Å². The molecule has 2 aromatic carbocycles. The predicted molar refractivity (Wildman–Crippen MR) is 102 cm³/mol. The number of hydrogen-bond acceptors (Lipinski definition) is 3. The number of nitrogen functional groups attached to an aromatic ring is 1. The van der Waals surface area contributed by atoms with Crippen molar-refractivity contribution in [1.82, 2.24) is 0 Å². The normalized spacial score (nSPS) is 12.4. The lowest BCUT2D eigenvalue weighted by Gasteiger charge is -2.14. The molecule has 3 nitrogen and oxygen atoms in total. The zero-order valence-corrected chi connectivity index (χ0v) is 14.6. The van der Waals surface area contributed by atoms with Gasteiger partial charge in [-0.25, -0.2) is 0 Å². The van der Waals surface area contributed by atoms with Crippen molar-refractivity contribution < 1.29 is 0 Å². The van der Waals surface area contributed by atoms with E-state index >= 15 is 0 Å². The van der Waals surface area contributed by atoms with Gasteiger partial charge in [0.1, 0.15) is 0 Å². The first kappa shape index (κ1) is 16.8. The van der Waals surface area contributed by atoms with Crippen LogP contribution in [0.2, 0.25) is 0 Å². The summed E-state index contributed by atoms with van der Waals surface area (Å²) in [5, 5.41) is 3.49. The number of rotatable bonds is 4. The second kappa shape index (κ2) is 7.14. The van der Waals surface area contributed by atoms with Gasteiger partial charge in [-0.15, -0.1) is 0 Å². The number of benzene rings is 2. The maximum absolute atomic E-state index is 5.93. The molecule has 3 heteroatoms. The van der Waals surface area contributed by atoms with Gasteiger partial charge in [0, 0.05) is 17.1 Å². The van der Waals surface area contributed by atoms with E-state index in [2.05, 4.69) is 43.2 Å². The van der Waals surface area contributed by atoms with Crippen LogP contribution in [0.1, 0.15) is 30.5 Å². The number of hydrogen-bond donors (Lipinski definition) is 2. The van der Waals surface area contributed by atoms with Crippen LogP contribution in [0.25, 0.3) is 0 Å². The zero-order chi connectivity index (χ0) is 17.0. The number of nitrogens with zero attached hydrogens (tertiary/aromatic N) is 1. The maximum atomic E-state index is 5.93. The van der Waals surface area contributed by atoms with Crippen molar-refractivity contribution in [3.63, 3.8) is 0 Å². The Morgan fingerprint density at radius 2 is 1.65 bits per heavy atom. The number of nitrogens with one attached hydrogen (secondary N) is 1. The van der Waals surface area contributed by atoms with E-state index in [0.717, 1.165) is 22.8 Å². The summed E-state index contributed by atoms with van der Waals surface area (Å²) < 4.78 is 0. The van der Waals surface area contributed by atoms with Crippen LogP contribution in [0, 0.1) is 20.8 Å². The van der Waals surface area contributed by atoms with E-state index in [1.807, 2.05) is 44.2 Å².